The minimum atomic E-state index is -0.564. The Morgan fingerprint density at radius 2 is 1.86 bits per heavy atom. The van der Waals surface area contributed by atoms with Crippen LogP contribution in [0.5, 0.6) is 5.75 Å². The Labute approximate surface area is 199 Å². The van der Waals surface area contributed by atoms with E-state index in [0.717, 1.165) is 16.5 Å². The van der Waals surface area contributed by atoms with Gasteiger partial charge in [0.05, 0.1) is 18.4 Å². The van der Waals surface area contributed by atoms with Crippen molar-refractivity contribution in [1.82, 2.24) is 9.55 Å². The molecule has 2 aromatic carbocycles. The Morgan fingerprint density at radius 1 is 1.14 bits per heavy atom. The smallest absolute Gasteiger partial charge is 0.328 e. The Hall–Kier alpha value is -4.66. The lowest BCUT2D eigenvalue weighted by Crippen LogP contribution is -2.38. The molecule has 1 aliphatic heterocycles. The molecule has 0 saturated heterocycles. The summed E-state index contributed by atoms with van der Waals surface area (Å²) >= 11 is 0. The van der Waals surface area contributed by atoms with E-state index < -0.39 is 6.04 Å². The number of phenolic OH excluding ortho intramolecular Hbond substituents is 1. The van der Waals surface area contributed by atoms with Crippen LogP contribution >= 0.6 is 0 Å². The monoisotopic (exact) mass is 470 g/mol. The molecule has 35 heavy (non-hydrogen) atoms. The number of hydrogen-bond acceptors (Lipinski definition) is 6. The number of nitrogens with one attached hydrogen (secondary N) is 1. The summed E-state index contributed by atoms with van der Waals surface area (Å²) in [5.74, 6) is -0.693. The molecule has 0 bridgehead atoms. The minimum absolute atomic E-state index is 0.0695. The lowest BCUT2D eigenvalue weighted by atomic mass is 10.1. The Balaban J connectivity index is 1.66. The number of amides is 1. The molecule has 0 radical (unpaired) electrons. The molecule has 176 valence electrons. The number of hydrogen-bond donors (Lipinski definition) is 2. The van der Waals surface area contributed by atoms with Crippen LogP contribution < -0.4 is 21.3 Å². The molecule has 3 heterocycles. The van der Waals surface area contributed by atoms with E-state index in [0.29, 0.717) is 22.0 Å². The molecule has 2 aromatic heterocycles. The first-order valence-corrected chi connectivity index (χ1v) is 10.9. The molecule has 5 rings (SSSR count). The van der Waals surface area contributed by atoms with E-state index in [1.807, 2.05) is 24.3 Å². The van der Waals surface area contributed by atoms with Crippen LogP contribution in [0, 0.1) is 6.92 Å². The number of esters is 1. The first-order chi connectivity index (χ1) is 16.8. The zero-order chi connectivity index (χ0) is 24.9. The van der Waals surface area contributed by atoms with E-state index in [2.05, 4.69) is 10.1 Å². The summed E-state index contributed by atoms with van der Waals surface area (Å²) < 4.78 is 6.71. The molecule has 9 nitrogen and oxygen atoms in total. The van der Waals surface area contributed by atoms with Gasteiger partial charge >= 0.3 is 5.97 Å². The van der Waals surface area contributed by atoms with E-state index in [1.165, 1.54) is 24.3 Å². The van der Waals surface area contributed by atoms with Gasteiger partial charge in [0.2, 0.25) is 0 Å². The third-order valence-corrected chi connectivity index (χ3v) is 6.22. The second kappa shape index (κ2) is 8.28. The third-order valence-electron chi connectivity index (χ3n) is 6.22. The lowest BCUT2D eigenvalue weighted by molar-refractivity contribution is -0.143. The van der Waals surface area contributed by atoms with Crippen LogP contribution in [-0.2, 0) is 9.53 Å². The van der Waals surface area contributed by atoms with Gasteiger partial charge in [-0.2, -0.15) is 5.01 Å². The van der Waals surface area contributed by atoms with Crippen LogP contribution in [-0.4, -0.2) is 33.6 Å². The van der Waals surface area contributed by atoms with E-state index in [1.54, 1.807) is 42.8 Å². The highest BCUT2D eigenvalue weighted by Crippen LogP contribution is 2.26. The number of fused-ring (bicyclic) bond motifs is 2. The summed E-state index contributed by atoms with van der Waals surface area (Å²) in [7, 11) is 1.34. The van der Waals surface area contributed by atoms with Crippen molar-refractivity contribution in [2.75, 3.05) is 12.1 Å². The largest absolute Gasteiger partial charge is 0.508 e. The number of ether oxygens (including phenoxy) is 1. The maximum absolute atomic E-state index is 13.2. The van der Waals surface area contributed by atoms with Crippen LogP contribution in [0.2, 0.25) is 0 Å². The molecule has 4 aromatic rings. The van der Waals surface area contributed by atoms with E-state index in [9.17, 15) is 19.5 Å². The van der Waals surface area contributed by atoms with E-state index in [4.69, 9.17) is 4.74 Å². The topological polar surface area (TPSA) is 117 Å². The number of aromatic nitrogens is 2. The predicted octanol–water partition coefficient (Wildman–Crippen LogP) is 2.10. The first-order valence-electron chi connectivity index (χ1n) is 10.9. The Morgan fingerprint density at radius 3 is 2.57 bits per heavy atom. The number of rotatable bonds is 4. The van der Waals surface area contributed by atoms with Gasteiger partial charge in [0, 0.05) is 27.9 Å². The van der Waals surface area contributed by atoms with Crippen LogP contribution in [0.15, 0.2) is 64.6 Å². The fourth-order valence-electron chi connectivity index (χ4n) is 4.36. The van der Waals surface area contributed by atoms with Gasteiger partial charge in [-0.05, 0) is 55.8 Å². The molecule has 1 amide bonds. The third kappa shape index (κ3) is 3.57. The number of para-hydroxylation sites is 1. The summed E-state index contributed by atoms with van der Waals surface area (Å²) in [6.07, 6.45) is 3.51. The number of carbonyl (C=O) groups is 2. The molecule has 1 unspecified atom stereocenters. The number of phenols is 1. The first kappa shape index (κ1) is 22.1. The van der Waals surface area contributed by atoms with E-state index >= 15 is 0 Å². The molecule has 1 aliphatic rings. The number of H-pyrrole nitrogens is 1. The van der Waals surface area contributed by atoms with E-state index in [-0.39, 0.29) is 28.7 Å². The van der Waals surface area contributed by atoms with Crippen molar-refractivity contribution < 1.29 is 19.4 Å². The van der Waals surface area contributed by atoms with Crippen LogP contribution in [0.1, 0.15) is 34.5 Å². The molecule has 0 fully saturated rings. The van der Waals surface area contributed by atoms with Gasteiger partial charge < -0.3 is 19.4 Å². The molecule has 0 saturated carbocycles. The number of nitrogens with zero attached hydrogens (tertiary/aromatic N) is 3. The van der Waals surface area contributed by atoms with Crippen molar-refractivity contribution in [3.05, 3.63) is 92.5 Å². The highest BCUT2D eigenvalue weighted by molar-refractivity contribution is 6.08. The summed E-state index contributed by atoms with van der Waals surface area (Å²) in [5.41, 5.74) is 2.61. The number of aromatic amines is 1. The molecular weight excluding hydrogens is 448 g/mol. The summed E-state index contributed by atoms with van der Waals surface area (Å²) in [6, 6.07) is 13.0. The lowest BCUT2D eigenvalue weighted by Gasteiger charge is -2.12. The van der Waals surface area contributed by atoms with Crippen LogP contribution in [0.3, 0.4) is 0 Å². The van der Waals surface area contributed by atoms with Gasteiger partial charge in [0.25, 0.3) is 11.5 Å². The zero-order valence-electron chi connectivity index (χ0n) is 19.3. The Kier molecular flexibility index (Phi) is 5.24. The molecule has 9 heteroatoms. The maximum atomic E-state index is 13.2. The minimum Gasteiger partial charge on any atom is -0.508 e. The standard InChI is InChI=1S/C26H22N4O5/c1-14-20(12-16-13-29(15(2)26(34)35-3)21-7-5-4-6-19(16)21)24(32)27-23-22(14)25(33)30(28-23)17-8-10-18(31)11-9-17/h4-13,15,31H,1-3H3,(H,27,28,32). The van der Waals surface area contributed by atoms with Crippen molar-refractivity contribution in [3.63, 3.8) is 0 Å². The fraction of sp³-hybridized carbons (Fsp3) is 0.154. The van der Waals surface area contributed by atoms with Gasteiger partial charge in [0.1, 0.15) is 11.8 Å². The average molecular weight is 470 g/mol. The number of pyridine rings is 1. The number of carbonyl (C=O) groups excluding carboxylic acids is 2. The van der Waals surface area contributed by atoms with Crippen molar-refractivity contribution in [2.24, 2.45) is 5.10 Å². The molecule has 0 spiro atoms. The quantitative estimate of drug-likeness (QED) is 0.443. The molecular formula is C26H22N4O5. The summed E-state index contributed by atoms with van der Waals surface area (Å²) in [5, 5.41) is 16.2. The SMILES string of the molecule is COC(=O)C(C)n1cc(C=c2c(C)c3c([nH]c2=O)=NN(c2ccc(O)cc2)C3=O)c2ccccc21. The second-order valence-electron chi connectivity index (χ2n) is 8.30. The van der Waals surface area contributed by atoms with Crippen LogP contribution in [0.4, 0.5) is 5.69 Å². The number of anilines is 1. The molecule has 0 aliphatic carbocycles. The normalized spacial score (nSPS) is 14.2. The van der Waals surface area contributed by atoms with Crippen molar-refractivity contribution in [1.29, 1.82) is 0 Å². The number of aromatic hydroxyl groups is 1. The Bertz CT molecular complexity index is 1680. The maximum Gasteiger partial charge on any atom is 0.328 e. The van der Waals surface area contributed by atoms with Crippen LogP contribution in [0.25, 0.3) is 17.0 Å². The second-order valence-corrected chi connectivity index (χ2v) is 8.30. The van der Waals surface area contributed by atoms with Gasteiger partial charge in [-0.15, -0.1) is 5.10 Å². The molecule has 2 N–H and O–H groups in total. The average Bonchev–Trinajstić information content (AvgIpc) is 3.39. The summed E-state index contributed by atoms with van der Waals surface area (Å²) in [4.78, 5) is 41.2. The summed E-state index contributed by atoms with van der Waals surface area (Å²) in [6.45, 7) is 3.46. The predicted molar refractivity (Wildman–Crippen MR) is 130 cm³/mol. The number of benzene rings is 2. The van der Waals surface area contributed by atoms with Crippen molar-refractivity contribution in [2.45, 2.75) is 19.9 Å². The zero-order valence-corrected chi connectivity index (χ0v) is 19.3. The van der Waals surface area contributed by atoms with Gasteiger partial charge in [-0.25, -0.2) is 4.79 Å². The van der Waals surface area contributed by atoms with Crippen molar-refractivity contribution >= 4 is 34.5 Å². The van der Waals surface area contributed by atoms with Gasteiger partial charge in [-0.3, -0.25) is 9.59 Å². The number of methoxy groups -OCH3 is 1. The fourth-order valence-corrected chi connectivity index (χ4v) is 4.36. The van der Waals surface area contributed by atoms with Gasteiger partial charge in [0.15, 0.2) is 5.49 Å². The van der Waals surface area contributed by atoms with Gasteiger partial charge in [-0.1, -0.05) is 18.2 Å². The highest BCUT2D eigenvalue weighted by atomic mass is 16.5. The highest BCUT2D eigenvalue weighted by Gasteiger charge is 2.28. The molecule has 1 atom stereocenters. The van der Waals surface area contributed by atoms with Crippen molar-refractivity contribution in [3.8, 4) is 5.75 Å².